The Kier molecular flexibility index (Phi) is 6.58. The van der Waals surface area contributed by atoms with Crippen molar-refractivity contribution in [1.29, 1.82) is 5.26 Å². The summed E-state index contributed by atoms with van der Waals surface area (Å²) in [4.78, 5) is 35.3. The van der Waals surface area contributed by atoms with Crippen molar-refractivity contribution in [2.75, 3.05) is 13.2 Å². The Morgan fingerprint density at radius 1 is 1.31 bits per heavy atom. The molecule has 2 rings (SSSR count). The van der Waals surface area contributed by atoms with Crippen LogP contribution in [0.2, 0.25) is 5.02 Å². The van der Waals surface area contributed by atoms with E-state index < -0.39 is 24.0 Å². The molecule has 7 nitrogen and oxygen atoms in total. The standard InChI is InChI=1S/C18H20ClN3O4/c1-18(11-20,13-4-5-13)22-15(23)10-26-16(24)8-9-21-17(25)12-2-6-14(19)7-3-12/h2-3,6-7,13H,4-5,8-10H2,1H3,(H,21,25)(H,22,23)/t18-/m1/s1. The SMILES string of the molecule is C[C@](C#N)(NC(=O)COC(=O)CCNC(=O)c1ccc(Cl)cc1)C1CC1. The minimum atomic E-state index is -0.921. The fourth-order valence-electron chi connectivity index (χ4n) is 2.41. The molecule has 0 spiro atoms. The van der Waals surface area contributed by atoms with Crippen LogP contribution in [0.5, 0.6) is 0 Å². The Bertz CT molecular complexity index is 725. The van der Waals surface area contributed by atoms with Crippen LogP contribution in [0, 0.1) is 17.2 Å². The summed E-state index contributed by atoms with van der Waals surface area (Å²) in [5.74, 6) is -1.31. The van der Waals surface area contributed by atoms with E-state index >= 15 is 0 Å². The molecular formula is C18H20ClN3O4. The maximum absolute atomic E-state index is 11.9. The third-order valence-corrected chi connectivity index (χ3v) is 4.36. The zero-order chi connectivity index (χ0) is 19.2. The van der Waals surface area contributed by atoms with Crippen LogP contribution in [-0.2, 0) is 14.3 Å². The Labute approximate surface area is 156 Å². The summed E-state index contributed by atoms with van der Waals surface area (Å²) in [6.07, 6.45) is 1.74. The highest BCUT2D eigenvalue weighted by atomic mass is 35.5. The van der Waals surface area contributed by atoms with Crippen LogP contribution in [0.1, 0.15) is 36.5 Å². The van der Waals surface area contributed by atoms with Gasteiger partial charge in [0.15, 0.2) is 6.61 Å². The third kappa shape index (κ3) is 5.74. The molecule has 138 valence electrons. The normalized spacial score (nSPS) is 15.3. The Morgan fingerprint density at radius 2 is 1.96 bits per heavy atom. The molecule has 0 aromatic heterocycles. The molecule has 2 amide bonds. The average Bonchev–Trinajstić information content (AvgIpc) is 3.46. The topological polar surface area (TPSA) is 108 Å². The van der Waals surface area contributed by atoms with Crippen molar-refractivity contribution in [3.05, 3.63) is 34.9 Å². The van der Waals surface area contributed by atoms with E-state index in [1.54, 1.807) is 31.2 Å². The molecule has 1 fully saturated rings. The van der Waals surface area contributed by atoms with Gasteiger partial charge in [0.1, 0.15) is 5.54 Å². The summed E-state index contributed by atoms with van der Waals surface area (Å²) in [6.45, 7) is 1.30. The molecule has 8 heteroatoms. The summed E-state index contributed by atoms with van der Waals surface area (Å²) in [6, 6.07) is 8.44. The van der Waals surface area contributed by atoms with E-state index in [2.05, 4.69) is 16.7 Å². The van der Waals surface area contributed by atoms with Gasteiger partial charge in [0, 0.05) is 17.1 Å². The van der Waals surface area contributed by atoms with Gasteiger partial charge in [0.25, 0.3) is 11.8 Å². The number of rotatable bonds is 8. The predicted octanol–water partition coefficient (Wildman–Crippen LogP) is 1.81. The summed E-state index contributed by atoms with van der Waals surface area (Å²) in [7, 11) is 0. The quantitative estimate of drug-likeness (QED) is 0.671. The van der Waals surface area contributed by atoms with Crippen LogP contribution in [0.25, 0.3) is 0 Å². The van der Waals surface area contributed by atoms with Gasteiger partial charge in [-0.2, -0.15) is 5.26 Å². The number of nitrogens with one attached hydrogen (secondary N) is 2. The zero-order valence-corrected chi connectivity index (χ0v) is 15.1. The van der Waals surface area contributed by atoms with Crippen molar-refractivity contribution in [2.24, 2.45) is 5.92 Å². The molecule has 2 N–H and O–H groups in total. The molecule has 1 saturated carbocycles. The van der Waals surface area contributed by atoms with E-state index in [-0.39, 0.29) is 24.8 Å². The first-order valence-electron chi connectivity index (χ1n) is 8.25. The average molecular weight is 378 g/mol. The van der Waals surface area contributed by atoms with Gasteiger partial charge >= 0.3 is 5.97 Å². The summed E-state index contributed by atoms with van der Waals surface area (Å²) < 4.78 is 4.87. The highest BCUT2D eigenvalue weighted by molar-refractivity contribution is 6.30. The number of ether oxygens (including phenoxy) is 1. The number of hydrogen-bond donors (Lipinski definition) is 2. The zero-order valence-electron chi connectivity index (χ0n) is 14.4. The lowest BCUT2D eigenvalue weighted by Crippen LogP contribution is -2.48. The number of benzene rings is 1. The van der Waals surface area contributed by atoms with Crippen LogP contribution in [0.3, 0.4) is 0 Å². The van der Waals surface area contributed by atoms with Crippen LogP contribution >= 0.6 is 11.6 Å². The third-order valence-electron chi connectivity index (χ3n) is 4.11. The smallest absolute Gasteiger partial charge is 0.308 e. The van der Waals surface area contributed by atoms with Gasteiger partial charge in [0.05, 0.1) is 12.5 Å². The fourth-order valence-corrected chi connectivity index (χ4v) is 2.53. The number of nitriles is 1. The van der Waals surface area contributed by atoms with Crippen LogP contribution in [0.15, 0.2) is 24.3 Å². The Hall–Kier alpha value is -2.59. The van der Waals surface area contributed by atoms with Gasteiger partial charge in [-0.25, -0.2) is 0 Å². The largest absolute Gasteiger partial charge is 0.456 e. The van der Waals surface area contributed by atoms with Crippen LogP contribution in [0.4, 0.5) is 0 Å². The van der Waals surface area contributed by atoms with Gasteiger partial charge in [-0.3, -0.25) is 14.4 Å². The number of carbonyl (C=O) groups is 3. The van der Waals surface area contributed by atoms with E-state index in [1.807, 2.05) is 0 Å². The summed E-state index contributed by atoms with van der Waals surface area (Å²) in [5, 5.41) is 14.9. The first kappa shape index (κ1) is 19.7. The second kappa shape index (κ2) is 8.68. The molecule has 1 aromatic carbocycles. The number of hydrogen-bond acceptors (Lipinski definition) is 5. The monoisotopic (exact) mass is 377 g/mol. The number of amides is 2. The number of halogens is 1. The van der Waals surface area contributed by atoms with Crippen molar-refractivity contribution in [3.63, 3.8) is 0 Å². The summed E-state index contributed by atoms with van der Waals surface area (Å²) in [5.41, 5.74) is -0.492. The lowest BCUT2D eigenvalue weighted by atomic mass is 9.98. The van der Waals surface area contributed by atoms with Gasteiger partial charge in [-0.05, 0) is 49.9 Å². The minimum absolute atomic E-state index is 0.0647. The Balaban J connectivity index is 1.65. The molecule has 0 heterocycles. The van der Waals surface area contributed by atoms with E-state index in [4.69, 9.17) is 16.3 Å². The predicted molar refractivity (Wildman–Crippen MR) is 94.2 cm³/mol. The Morgan fingerprint density at radius 3 is 2.54 bits per heavy atom. The van der Waals surface area contributed by atoms with Gasteiger partial charge in [-0.15, -0.1) is 0 Å². The maximum Gasteiger partial charge on any atom is 0.308 e. The molecular weight excluding hydrogens is 358 g/mol. The maximum atomic E-state index is 11.9. The van der Waals surface area contributed by atoms with Crippen molar-refractivity contribution < 1.29 is 19.1 Å². The van der Waals surface area contributed by atoms with E-state index in [9.17, 15) is 19.6 Å². The number of nitrogens with zero attached hydrogens (tertiary/aromatic N) is 1. The number of esters is 1. The van der Waals surface area contributed by atoms with E-state index in [0.717, 1.165) is 12.8 Å². The minimum Gasteiger partial charge on any atom is -0.456 e. The molecule has 0 bridgehead atoms. The number of carbonyl (C=O) groups excluding carboxylic acids is 3. The van der Waals surface area contributed by atoms with Crippen LogP contribution in [-0.4, -0.2) is 36.5 Å². The molecule has 1 aromatic rings. The first-order chi connectivity index (χ1) is 12.3. The highest BCUT2D eigenvalue weighted by Crippen LogP contribution is 2.39. The molecule has 1 atom stereocenters. The van der Waals surface area contributed by atoms with Crippen LogP contribution < -0.4 is 10.6 Å². The molecule has 0 saturated heterocycles. The second-order valence-electron chi connectivity index (χ2n) is 6.31. The molecule has 1 aliphatic carbocycles. The van der Waals surface area contributed by atoms with Gasteiger partial charge in [-0.1, -0.05) is 11.6 Å². The molecule has 26 heavy (non-hydrogen) atoms. The van der Waals surface area contributed by atoms with Gasteiger partial charge < -0.3 is 15.4 Å². The van der Waals surface area contributed by atoms with Crippen molar-refractivity contribution in [3.8, 4) is 6.07 Å². The van der Waals surface area contributed by atoms with Crippen molar-refractivity contribution in [1.82, 2.24) is 10.6 Å². The lowest BCUT2D eigenvalue weighted by molar-refractivity contribution is -0.148. The fraction of sp³-hybridized carbons (Fsp3) is 0.444. The molecule has 1 aliphatic rings. The highest BCUT2D eigenvalue weighted by Gasteiger charge is 2.43. The molecule has 0 radical (unpaired) electrons. The van der Waals surface area contributed by atoms with Crippen molar-refractivity contribution >= 4 is 29.4 Å². The summed E-state index contributed by atoms with van der Waals surface area (Å²) >= 11 is 5.75. The lowest BCUT2D eigenvalue weighted by Gasteiger charge is -2.22. The van der Waals surface area contributed by atoms with E-state index in [0.29, 0.717) is 10.6 Å². The molecule has 0 unspecified atom stereocenters. The van der Waals surface area contributed by atoms with Crippen molar-refractivity contribution in [2.45, 2.75) is 31.7 Å². The second-order valence-corrected chi connectivity index (χ2v) is 6.75. The molecule has 0 aliphatic heterocycles. The van der Waals surface area contributed by atoms with Gasteiger partial charge in [0.2, 0.25) is 0 Å². The first-order valence-corrected chi connectivity index (χ1v) is 8.63. The van der Waals surface area contributed by atoms with E-state index in [1.165, 1.54) is 0 Å².